The molecule has 160 valence electrons. The number of aryl methyl sites for hydroxylation is 1. The Morgan fingerprint density at radius 2 is 2.06 bits per heavy atom. The lowest BCUT2D eigenvalue weighted by Gasteiger charge is -2.09. The van der Waals surface area contributed by atoms with E-state index in [2.05, 4.69) is 21.6 Å². The number of thiophene rings is 1. The summed E-state index contributed by atoms with van der Waals surface area (Å²) in [4.78, 5) is 13.8. The number of halogens is 1. The molecule has 0 saturated carbocycles. The normalized spacial score (nSPS) is 12.9. The molecule has 0 unspecified atom stereocenters. The number of thioether (sulfide) groups is 1. The summed E-state index contributed by atoms with van der Waals surface area (Å²) in [6.07, 6.45) is 4.82. The zero-order chi connectivity index (χ0) is 21.8. The van der Waals surface area contributed by atoms with Crippen molar-refractivity contribution in [2.75, 3.05) is 11.1 Å². The molecule has 0 saturated heterocycles. The first-order valence-corrected chi connectivity index (χ1v) is 12.4. The Hall–Kier alpha value is -2.34. The van der Waals surface area contributed by atoms with Crippen LogP contribution < -0.4 is 5.32 Å². The van der Waals surface area contributed by atoms with Gasteiger partial charge in [-0.15, -0.1) is 21.5 Å². The number of hydrogen-bond acceptors (Lipinski definition) is 6. The fourth-order valence-corrected chi connectivity index (χ4v) is 5.93. The Labute approximate surface area is 194 Å². The van der Waals surface area contributed by atoms with Gasteiger partial charge < -0.3 is 9.88 Å². The van der Waals surface area contributed by atoms with Crippen molar-refractivity contribution in [2.45, 2.75) is 50.7 Å². The van der Waals surface area contributed by atoms with E-state index in [-0.39, 0.29) is 11.7 Å². The number of nitrogens with zero attached hydrogens (tertiary/aromatic N) is 4. The summed E-state index contributed by atoms with van der Waals surface area (Å²) < 4.78 is 2.02. The zero-order valence-electron chi connectivity index (χ0n) is 17.2. The van der Waals surface area contributed by atoms with Crippen LogP contribution in [0.4, 0.5) is 5.00 Å². The SMILES string of the molecule is CCn1c(Cc2ccc(Cl)cc2)nnc1SCC(=O)Nc1sc2c(c1C#N)CCCC2. The quantitative estimate of drug-likeness (QED) is 0.485. The number of anilines is 1. The molecule has 0 bridgehead atoms. The van der Waals surface area contributed by atoms with Gasteiger partial charge >= 0.3 is 0 Å². The molecule has 1 N–H and O–H groups in total. The van der Waals surface area contributed by atoms with Gasteiger partial charge in [-0.25, -0.2) is 0 Å². The van der Waals surface area contributed by atoms with Gasteiger partial charge in [0.2, 0.25) is 5.91 Å². The predicted octanol–water partition coefficient (Wildman–Crippen LogP) is 5.08. The Balaban J connectivity index is 1.41. The molecule has 1 aliphatic rings. The standard InChI is InChI=1S/C22H22ClN5OS2/c1-2-28-19(11-14-7-9-15(23)10-8-14)26-27-22(28)30-13-20(29)25-21-17(12-24)16-5-3-4-6-18(16)31-21/h7-10H,2-6,11,13H2,1H3,(H,25,29). The second kappa shape index (κ2) is 9.86. The third-order valence-electron chi connectivity index (χ3n) is 5.25. The van der Waals surface area contributed by atoms with E-state index in [1.165, 1.54) is 16.6 Å². The van der Waals surface area contributed by atoms with E-state index in [4.69, 9.17) is 11.6 Å². The van der Waals surface area contributed by atoms with E-state index in [9.17, 15) is 10.1 Å². The van der Waals surface area contributed by atoms with Crippen LogP contribution in [0.2, 0.25) is 5.02 Å². The number of carbonyl (C=O) groups excluding carboxylic acids is 1. The third-order valence-corrected chi connectivity index (χ3v) is 7.68. The van der Waals surface area contributed by atoms with Crippen molar-refractivity contribution in [3.05, 3.63) is 56.7 Å². The Kier molecular flexibility index (Phi) is 6.96. The number of hydrogen-bond donors (Lipinski definition) is 1. The second-order valence-electron chi connectivity index (χ2n) is 7.31. The summed E-state index contributed by atoms with van der Waals surface area (Å²) in [5.41, 5.74) is 2.87. The molecule has 2 aromatic heterocycles. The smallest absolute Gasteiger partial charge is 0.235 e. The van der Waals surface area contributed by atoms with Crippen molar-refractivity contribution >= 4 is 45.6 Å². The molecule has 0 spiro atoms. The van der Waals surface area contributed by atoms with Gasteiger partial charge in [-0.05, 0) is 55.9 Å². The van der Waals surface area contributed by atoms with E-state index in [0.717, 1.165) is 49.2 Å². The molecule has 1 amide bonds. The largest absolute Gasteiger partial charge is 0.316 e. The first kappa shape index (κ1) is 21.9. The van der Waals surface area contributed by atoms with Gasteiger partial charge in [0.25, 0.3) is 0 Å². The lowest BCUT2D eigenvalue weighted by molar-refractivity contribution is -0.113. The monoisotopic (exact) mass is 471 g/mol. The van der Waals surface area contributed by atoms with Crippen LogP contribution in [0.1, 0.15) is 47.2 Å². The number of nitrogens with one attached hydrogen (secondary N) is 1. The van der Waals surface area contributed by atoms with Crippen molar-refractivity contribution in [1.82, 2.24) is 14.8 Å². The third kappa shape index (κ3) is 4.95. The summed E-state index contributed by atoms with van der Waals surface area (Å²) in [7, 11) is 0. The molecule has 0 atom stereocenters. The van der Waals surface area contributed by atoms with Crippen LogP contribution in [0.5, 0.6) is 0 Å². The van der Waals surface area contributed by atoms with Gasteiger partial charge in [0.1, 0.15) is 16.9 Å². The molecule has 1 aromatic carbocycles. The van der Waals surface area contributed by atoms with Crippen molar-refractivity contribution in [3.8, 4) is 6.07 Å². The van der Waals surface area contributed by atoms with Crippen molar-refractivity contribution in [1.29, 1.82) is 5.26 Å². The lowest BCUT2D eigenvalue weighted by Crippen LogP contribution is -2.15. The molecular weight excluding hydrogens is 450 g/mol. The summed E-state index contributed by atoms with van der Waals surface area (Å²) in [6.45, 7) is 2.75. The summed E-state index contributed by atoms with van der Waals surface area (Å²) in [5.74, 6) is 0.933. The number of carbonyl (C=O) groups is 1. The van der Waals surface area contributed by atoms with Crippen LogP contribution in [-0.2, 0) is 30.6 Å². The van der Waals surface area contributed by atoms with Crippen molar-refractivity contribution in [2.24, 2.45) is 0 Å². The number of rotatable bonds is 7. The van der Waals surface area contributed by atoms with Crippen molar-refractivity contribution in [3.63, 3.8) is 0 Å². The minimum atomic E-state index is -0.134. The molecule has 0 aliphatic heterocycles. The Morgan fingerprint density at radius 3 is 2.81 bits per heavy atom. The van der Waals surface area contributed by atoms with Gasteiger partial charge in [0, 0.05) is 22.9 Å². The highest BCUT2D eigenvalue weighted by Gasteiger charge is 2.22. The highest BCUT2D eigenvalue weighted by molar-refractivity contribution is 7.99. The molecule has 0 fully saturated rings. The maximum atomic E-state index is 12.6. The number of nitriles is 1. The molecular formula is C22H22ClN5OS2. The maximum absolute atomic E-state index is 12.6. The topological polar surface area (TPSA) is 83.6 Å². The number of fused-ring (bicyclic) bond motifs is 1. The van der Waals surface area contributed by atoms with Gasteiger partial charge in [0.05, 0.1) is 11.3 Å². The van der Waals surface area contributed by atoms with E-state index >= 15 is 0 Å². The predicted molar refractivity (Wildman–Crippen MR) is 125 cm³/mol. The van der Waals surface area contributed by atoms with Crippen LogP contribution in [0.3, 0.4) is 0 Å². The van der Waals surface area contributed by atoms with Crippen LogP contribution in [0, 0.1) is 11.3 Å². The number of amides is 1. The molecule has 31 heavy (non-hydrogen) atoms. The highest BCUT2D eigenvalue weighted by Crippen LogP contribution is 2.37. The van der Waals surface area contributed by atoms with Crippen LogP contribution >= 0.6 is 34.7 Å². The highest BCUT2D eigenvalue weighted by atomic mass is 35.5. The van der Waals surface area contributed by atoms with Crippen LogP contribution in [0.15, 0.2) is 29.4 Å². The van der Waals surface area contributed by atoms with Gasteiger partial charge in [0.15, 0.2) is 5.16 Å². The zero-order valence-corrected chi connectivity index (χ0v) is 19.5. The molecule has 3 aromatic rings. The number of benzene rings is 1. The van der Waals surface area contributed by atoms with Crippen molar-refractivity contribution < 1.29 is 4.79 Å². The Morgan fingerprint density at radius 1 is 1.29 bits per heavy atom. The second-order valence-corrected chi connectivity index (χ2v) is 9.79. The first-order valence-electron chi connectivity index (χ1n) is 10.2. The Bertz CT molecular complexity index is 1130. The molecule has 4 rings (SSSR count). The van der Waals surface area contributed by atoms with E-state index < -0.39 is 0 Å². The minimum Gasteiger partial charge on any atom is -0.316 e. The van der Waals surface area contributed by atoms with Gasteiger partial charge in [-0.2, -0.15) is 5.26 Å². The van der Waals surface area contributed by atoms with Crippen LogP contribution in [-0.4, -0.2) is 26.4 Å². The summed E-state index contributed by atoms with van der Waals surface area (Å²) >= 11 is 8.87. The fourth-order valence-electron chi connectivity index (χ4n) is 3.72. The average molecular weight is 472 g/mol. The maximum Gasteiger partial charge on any atom is 0.235 e. The summed E-state index contributed by atoms with van der Waals surface area (Å²) in [6, 6.07) is 9.96. The van der Waals surface area contributed by atoms with Gasteiger partial charge in [-0.3, -0.25) is 4.79 Å². The van der Waals surface area contributed by atoms with E-state index in [1.807, 2.05) is 35.8 Å². The molecule has 0 radical (unpaired) electrons. The molecule has 1 aliphatic carbocycles. The summed E-state index contributed by atoms with van der Waals surface area (Å²) in [5, 5.41) is 23.2. The molecule has 6 nitrogen and oxygen atoms in total. The number of aromatic nitrogens is 3. The lowest BCUT2D eigenvalue weighted by atomic mass is 9.96. The molecule has 9 heteroatoms. The van der Waals surface area contributed by atoms with Gasteiger partial charge in [-0.1, -0.05) is 35.5 Å². The minimum absolute atomic E-state index is 0.134. The van der Waals surface area contributed by atoms with E-state index in [1.54, 1.807) is 11.3 Å². The van der Waals surface area contributed by atoms with Crippen LogP contribution in [0.25, 0.3) is 0 Å². The fraction of sp³-hybridized carbons (Fsp3) is 0.364. The first-order chi connectivity index (χ1) is 15.1. The molecule has 2 heterocycles. The average Bonchev–Trinajstić information content (AvgIpc) is 3.33. The van der Waals surface area contributed by atoms with E-state index in [0.29, 0.717) is 27.2 Å².